The highest BCUT2D eigenvalue weighted by molar-refractivity contribution is 6.52. The molecule has 0 heterocycles. The summed E-state index contributed by atoms with van der Waals surface area (Å²) in [6, 6.07) is 6.74. The van der Waals surface area contributed by atoms with Crippen molar-refractivity contribution in [1.82, 2.24) is 0 Å². The van der Waals surface area contributed by atoms with Gasteiger partial charge in [-0.3, -0.25) is 4.79 Å². The fourth-order valence-electron chi connectivity index (χ4n) is 2.75. The maximum absolute atomic E-state index is 11.2. The van der Waals surface area contributed by atoms with Crippen LogP contribution >= 0.6 is 46.4 Å². The molecule has 1 aromatic rings. The maximum Gasteiger partial charge on any atom is 0.307 e. The molecule has 6 heteroatoms. The number of rotatable bonds is 4. The number of carboxylic acids is 1. The van der Waals surface area contributed by atoms with Crippen LogP contribution in [0.2, 0.25) is 5.02 Å². The summed E-state index contributed by atoms with van der Waals surface area (Å²) in [5.74, 6) is -1.69. The number of benzene rings is 1. The number of hydrogen-bond donors (Lipinski definition) is 1. The van der Waals surface area contributed by atoms with Gasteiger partial charge in [0.1, 0.15) is 0 Å². The third-order valence-electron chi connectivity index (χ3n) is 4.07. The Morgan fingerprint density at radius 2 is 1.80 bits per heavy atom. The smallest absolute Gasteiger partial charge is 0.307 e. The van der Waals surface area contributed by atoms with E-state index in [2.05, 4.69) is 0 Å². The van der Waals surface area contributed by atoms with Gasteiger partial charge in [-0.05, 0) is 29.0 Å². The fraction of sp³-hybridized carbons (Fsp3) is 0.500. The molecule has 1 saturated carbocycles. The van der Waals surface area contributed by atoms with Gasteiger partial charge in [-0.2, -0.15) is 0 Å². The molecule has 0 aliphatic heterocycles. The van der Waals surface area contributed by atoms with Gasteiger partial charge >= 0.3 is 5.97 Å². The number of carbonyl (C=O) groups is 1. The fourth-order valence-corrected chi connectivity index (χ4v) is 4.00. The summed E-state index contributed by atoms with van der Waals surface area (Å²) in [6.45, 7) is 3.72. The van der Waals surface area contributed by atoms with Crippen molar-refractivity contribution in [1.29, 1.82) is 0 Å². The Morgan fingerprint density at radius 3 is 2.20 bits per heavy atom. The lowest BCUT2D eigenvalue weighted by Crippen LogP contribution is -2.28. The standard InChI is InChI=1S/C14H14Cl4O2/c1-13(2)9(10(13)12(19)20)11(16)14(17,18)7-3-5-8(15)6-4-7/h3-6,9-11H,1-2H3,(H,19,20)/t9-,10-,11?/m0/s1. The summed E-state index contributed by atoms with van der Waals surface area (Å²) in [4.78, 5) is 11.2. The molecule has 1 aromatic carbocycles. The molecule has 0 amide bonds. The van der Waals surface area contributed by atoms with Crippen LogP contribution in [0.4, 0.5) is 0 Å². The van der Waals surface area contributed by atoms with Crippen LogP contribution in [0.25, 0.3) is 0 Å². The first-order valence-corrected chi connectivity index (χ1v) is 7.68. The van der Waals surface area contributed by atoms with E-state index in [0.717, 1.165) is 0 Å². The van der Waals surface area contributed by atoms with E-state index in [1.807, 2.05) is 13.8 Å². The minimum absolute atomic E-state index is 0.285. The summed E-state index contributed by atoms with van der Waals surface area (Å²) < 4.78 is -1.36. The Labute approximate surface area is 138 Å². The van der Waals surface area contributed by atoms with Gasteiger partial charge in [0.2, 0.25) is 0 Å². The first kappa shape index (κ1) is 16.2. The zero-order valence-corrected chi connectivity index (χ0v) is 13.9. The molecule has 0 saturated heterocycles. The summed E-state index contributed by atoms with van der Waals surface area (Å²) in [6.07, 6.45) is 0. The number of aliphatic carboxylic acids is 1. The van der Waals surface area contributed by atoms with Gasteiger partial charge in [-0.1, -0.05) is 60.8 Å². The first-order chi connectivity index (χ1) is 9.10. The first-order valence-electron chi connectivity index (χ1n) is 6.11. The number of alkyl halides is 3. The summed E-state index contributed by atoms with van der Waals surface area (Å²) in [5.41, 5.74) is 0.191. The average molecular weight is 356 g/mol. The summed E-state index contributed by atoms with van der Waals surface area (Å²) in [7, 11) is 0. The Kier molecular flexibility index (Phi) is 4.25. The van der Waals surface area contributed by atoms with Gasteiger partial charge in [0.15, 0.2) is 4.33 Å². The molecular formula is C14H14Cl4O2. The predicted molar refractivity (Wildman–Crippen MR) is 82.9 cm³/mol. The van der Waals surface area contributed by atoms with Crippen molar-refractivity contribution in [3.63, 3.8) is 0 Å². The van der Waals surface area contributed by atoms with Crippen LogP contribution in [0.1, 0.15) is 19.4 Å². The molecule has 1 unspecified atom stereocenters. The Morgan fingerprint density at radius 1 is 1.30 bits per heavy atom. The molecule has 0 spiro atoms. The minimum atomic E-state index is -1.36. The molecular weight excluding hydrogens is 342 g/mol. The van der Waals surface area contributed by atoms with E-state index < -0.39 is 27.0 Å². The van der Waals surface area contributed by atoms with E-state index in [-0.39, 0.29) is 5.92 Å². The molecule has 0 aromatic heterocycles. The molecule has 2 rings (SSSR count). The van der Waals surface area contributed by atoms with E-state index in [0.29, 0.717) is 10.6 Å². The van der Waals surface area contributed by atoms with E-state index in [4.69, 9.17) is 46.4 Å². The van der Waals surface area contributed by atoms with Crippen molar-refractivity contribution in [3.05, 3.63) is 34.9 Å². The van der Waals surface area contributed by atoms with Crippen molar-refractivity contribution in [2.24, 2.45) is 17.3 Å². The zero-order chi connectivity index (χ0) is 15.3. The molecule has 20 heavy (non-hydrogen) atoms. The molecule has 0 radical (unpaired) electrons. The second-order valence-corrected chi connectivity index (χ2v) is 7.99. The Bertz CT molecular complexity index is 524. The van der Waals surface area contributed by atoms with Crippen molar-refractivity contribution in [2.45, 2.75) is 23.6 Å². The van der Waals surface area contributed by atoms with Crippen LogP contribution in [0, 0.1) is 17.3 Å². The Hall–Kier alpha value is -0.150. The van der Waals surface area contributed by atoms with E-state index in [9.17, 15) is 9.90 Å². The third-order valence-corrected chi connectivity index (χ3v) is 6.05. The highest BCUT2D eigenvalue weighted by atomic mass is 35.5. The second-order valence-electron chi connectivity index (χ2n) is 5.69. The lowest BCUT2D eigenvalue weighted by Gasteiger charge is -2.27. The number of hydrogen-bond acceptors (Lipinski definition) is 1. The van der Waals surface area contributed by atoms with Crippen LogP contribution in [0.15, 0.2) is 24.3 Å². The summed E-state index contributed by atoms with van der Waals surface area (Å²) >= 11 is 25.0. The van der Waals surface area contributed by atoms with Crippen molar-refractivity contribution in [2.75, 3.05) is 0 Å². The lowest BCUT2D eigenvalue weighted by atomic mass is 10.0. The van der Waals surface area contributed by atoms with Crippen LogP contribution in [0.5, 0.6) is 0 Å². The molecule has 3 atom stereocenters. The van der Waals surface area contributed by atoms with Gasteiger partial charge in [0.05, 0.1) is 11.3 Å². The van der Waals surface area contributed by atoms with Gasteiger partial charge in [0.25, 0.3) is 0 Å². The lowest BCUT2D eigenvalue weighted by molar-refractivity contribution is -0.139. The van der Waals surface area contributed by atoms with Crippen molar-refractivity contribution in [3.8, 4) is 0 Å². The topological polar surface area (TPSA) is 37.3 Å². The zero-order valence-electron chi connectivity index (χ0n) is 10.9. The minimum Gasteiger partial charge on any atom is -0.481 e. The molecule has 1 fully saturated rings. The highest BCUT2D eigenvalue weighted by Crippen LogP contribution is 2.65. The molecule has 2 nitrogen and oxygen atoms in total. The van der Waals surface area contributed by atoms with Crippen LogP contribution in [0.3, 0.4) is 0 Å². The normalized spacial score (nSPS) is 26.1. The molecule has 1 aliphatic rings. The summed E-state index contributed by atoms with van der Waals surface area (Å²) in [5, 5.41) is 9.08. The van der Waals surface area contributed by atoms with E-state index >= 15 is 0 Å². The number of carboxylic acid groups (broad SMARTS) is 1. The van der Waals surface area contributed by atoms with Crippen molar-refractivity contribution < 1.29 is 9.90 Å². The van der Waals surface area contributed by atoms with E-state index in [1.54, 1.807) is 24.3 Å². The van der Waals surface area contributed by atoms with Gasteiger partial charge < -0.3 is 5.11 Å². The SMILES string of the molecule is CC1(C)[C@H](C(=O)O)[C@H]1C(Cl)C(Cl)(Cl)c1ccc(Cl)cc1. The largest absolute Gasteiger partial charge is 0.481 e. The number of halogens is 4. The average Bonchev–Trinajstić information content (AvgIpc) is 2.91. The van der Waals surface area contributed by atoms with Gasteiger partial charge in [0, 0.05) is 5.02 Å². The predicted octanol–water partition coefficient (Wildman–Crippen LogP) is 4.93. The highest BCUT2D eigenvalue weighted by Gasteiger charge is 2.67. The maximum atomic E-state index is 11.2. The molecule has 0 bridgehead atoms. The van der Waals surface area contributed by atoms with Gasteiger partial charge in [-0.15, -0.1) is 11.6 Å². The van der Waals surface area contributed by atoms with E-state index in [1.165, 1.54) is 0 Å². The third kappa shape index (κ3) is 2.64. The molecule has 1 aliphatic carbocycles. The van der Waals surface area contributed by atoms with Crippen LogP contribution < -0.4 is 0 Å². The molecule has 110 valence electrons. The van der Waals surface area contributed by atoms with Gasteiger partial charge in [-0.25, -0.2) is 0 Å². The monoisotopic (exact) mass is 354 g/mol. The second kappa shape index (κ2) is 5.24. The Balaban J connectivity index is 2.26. The van der Waals surface area contributed by atoms with Crippen molar-refractivity contribution >= 4 is 52.4 Å². The quantitative estimate of drug-likeness (QED) is 0.777. The van der Waals surface area contributed by atoms with Crippen LogP contribution in [-0.4, -0.2) is 16.5 Å². The molecule has 1 N–H and O–H groups in total. The van der Waals surface area contributed by atoms with Crippen LogP contribution in [-0.2, 0) is 9.13 Å².